The number of hydrogen-bond donors (Lipinski definition) is 0. The average Bonchev–Trinajstić information content (AvgIpc) is 2.48. The van der Waals surface area contributed by atoms with Crippen molar-refractivity contribution in [3.63, 3.8) is 0 Å². The van der Waals surface area contributed by atoms with E-state index < -0.39 is 0 Å². The Hall–Kier alpha value is -1.84. The van der Waals surface area contributed by atoms with Gasteiger partial charge in [0.05, 0.1) is 12.5 Å². The van der Waals surface area contributed by atoms with Crippen LogP contribution in [0, 0.1) is 5.92 Å². The lowest BCUT2D eigenvalue weighted by Crippen LogP contribution is -2.39. The zero-order valence-electron chi connectivity index (χ0n) is 11.2. The Kier molecular flexibility index (Phi) is 4.55. The quantitative estimate of drug-likeness (QED) is 0.616. The lowest BCUT2D eigenvalue weighted by atomic mass is 9.97. The molecule has 2 rings (SSSR count). The Morgan fingerprint density at radius 2 is 2.16 bits per heavy atom. The molecule has 0 unspecified atom stereocenters. The predicted molar refractivity (Wildman–Crippen MR) is 73.4 cm³/mol. The molecule has 1 aliphatic heterocycles. The Morgan fingerprint density at radius 1 is 1.42 bits per heavy atom. The van der Waals surface area contributed by atoms with Gasteiger partial charge in [-0.2, -0.15) is 0 Å². The molecule has 1 fully saturated rings. The number of rotatable bonds is 4. The third-order valence-electron chi connectivity index (χ3n) is 3.44. The summed E-state index contributed by atoms with van der Waals surface area (Å²) >= 11 is 0. The topological polar surface area (TPSA) is 46.6 Å². The first-order valence-electron chi connectivity index (χ1n) is 6.71. The van der Waals surface area contributed by atoms with Gasteiger partial charge in [-0.3, -0.25) is 9.59 Å². The summed E-state index contributed by atoms with van der Waals surface area (Å²) in [6.07, 6.45) is 2.71. The zero-order valence-corrected chi connectivity index (χ0v) is 11.2. The van der Waals surface area contributed by atoms with E-state index in [1.165, 1.54) is 0 Å². The number of benzene rings is 1. The minimum Gasteiger partial charge on any atom is -0.466 e. The van der Waals surface area contributed by atoms with E-state index in [1.807, 2.05) is 19.1 Å². The van der Waals surface area contributed by atoms with Crippen molar-refractivity contribution in [1.29, 1.82) is 0 Å². The first kappa shape index (κ1) is 13.6. The Bertz CT molecular complexity index is 441. The highest BCUT2D eigenvalue weighted by Gasteiger charge is 2.26. The minimum absolute atomic E-state index is 0.0422. The highest BCUT2D eigenvalue weighted by Crippen LogP contribution is 2.24. The van der Waals surface area contributed by atoms with Gasteiger partial charge in [0.1, 0.15) is 6.29 Å². The van der Waals surface area contributed by atoms with E-state index in [0.29, 0.717) is 18.7 Å². The summed E-state index contributed by atoms with van der Waals surface area (Å²) in [5.41, 5.74) is 1.72. The molecular weight excluding hydrogens is 242 g/mol. The summed E-state index contributed by atoms with van der Waals surface area (Å²) in [5, 5.41) is 0. The monoisotopic (exact) mass is 261 g/mol. The van der Waals surface area contributed by atoms with Crippen LogP contribution in [-0.4, -0.2) is 32.0 Å². The van der Waals surface area contributed by atoms with Crippen LogP contribution in [0.25, 0.3) is 0 Å². The van der Waals surface area contributed by atoms with Crippen LogP contribution < -0.4 is 4.90 Å². The van der Waals surface area contributed by atoms with Crippen LogP contribution in [-0.2, 0) is 9.53 Å². The fourth-order valence-electron chi connectivity index (χ4n) is 2.43. The van der Waals surface area contributed by atoms with Crippen molar-refractivity contribution in [2.24, 2.45) is 5.92 Å². The molecule has 19 heavy (non-hydrogen) atoms. The van der Waals surface area contributed by atoms with Crippen LogP contribution >= 0.6 is 0 Å². The molecule has 0 spiro atoms. The van der Waals surface area contributed by atoms with Gasteiger partial charge in [-0.05, 0) is 44.0 Å². The van der Waals surface area contributed by atoms with E-state index in [0.717, 1.165) is 31.4 Å². The maximum Gasteiger partial charge on any atom is 0.310 e. The van der Waals surface area contributed by atoms with Crippen LogP contribution in [0.3, 0.4) is 0 Å². The van der Waals surface area contributed by atoms with Gasteiger partial charge >= 0.3 is 5.97 Å². The number of aldehydes is 1. The maximum atomic E-state index is 11.8. The van der Waals surface area contributed by atoms with E-state index in [9.17, 15) is 9.59 Å². The number of piperidine rings is 1. The fraction of sp³-hybridized carbons (Fsp3) is 0.467. The van der Waals surface area contributed by atoms with Crippen molar-refractivity contribution in [2.75, 3.05) is 24.6 Å². The first-order valence-corrected chi connectivity index (χ1v) is 6.71. The summed E-state index contributed by atoms with van der Waals surface area (Å²) in [6.45, 7) is 3.90. The van der Waals surface area contributed by atoms with Crippen molar-refractivity contribution < 1.29 is 14.3 Å². The molecule has 1 heterocycles. The molecule has 0 saturated carbocycles. The summed E-state index contributed by atoms with van der Waals surface area (Å²) in [7, 11) is 0. The van der Waals surface area contributed by atoms with Gasteiger partial charge in [-0.15, -0.1) is 0 Å². The van der Waals surface area contributed by atoms with Gasteiger partial charge < -0.3 is 9.64 Å². The Balaban J connectivity index is 2.03. The second-order valence-corrected chi connectivity index (χ2v) is 4.75. The molecule has 0 amide bonds. The number of ether oxygens (including phenoxy) is 1. The average molecular weight is 261 g/mol. The number of nitrogens with zero attached hydrogens (tertiary/aromatic N) is 1. The van der Waals surface area contributed by atoms with Crippen LogP contribution in [0.2, 0.25) is 0 Å². The standard InChI is InChI=1S/C15H19NO3/c1-2-19-15(18)13-4-3-9-16(10-13)14-7-5-12(11-17)6-8-14/h5-8,11,13H,2-4,9-10H2,1H3/t13-/m0/s1. The lowest BCUT2D eigenvalue weighted by molar-refractivity contribution is -0.148. The van der Waals surface area contributed by atoms with Gasteiger partial charge in [0.15, 0.2) is 0 Å². The SMILES string of the molecule is CCOC(=O)[C@H]1CCCN(c2ccc(C=O)cc2)C1. The van der Waals surface area contributed by atoms with Gasteiger partial charge in [-0.25, -0.2) is 0 Å². The third-order valence-corrected chi connectivity index (χ3v) is 3.44. The Morgan fingerprint density at radius 3 is 2.79 bits per heavy atom. The lowest BCUT2D eigenvalue weighted by Gasteiger charge is -2.33. The Labute approximate surface area is 113 Å². The fourth-order valence-corrected chi connectivity index (χ4v) is 2.43. The summed E-state index contributed by atoms with van der Waals surface area (Å²) in [5.74, 6) is -0.142. The molecule has 0 N–H and O–H groups in total. The van der Waals surface area contributed by atoms with E-state index in [-0.39, 0.29) is 11.9 Å². The van der Waals surface area contributed by atoms with Crippen molar-refractivity contribution in [3.05, 3.63) is 29.8 Å². The maximum absolute atomic E-state index is 11.8. The predicted octanol–water partition coefficient (Wildman–Crippen LogP) is 2.28. The molecule has 102 valence electrons. The van der Waals surface area contributed by atoms with Gasteiger partial charge in [0.25, 0.3) is 0 Å². The third kappa shape index (κ3) is 3.34. The van der Waals surface area contributed by atoms with Crippen molar-refractivity contribution >= 4 is 17.9 Å². The van der Waals surface area contributed by atoms with E-state index >= 15 is 0 Å². The molecule has 4 nitrogen and oxygen atoms in total. The summed E-state index contributed by atoms with van der Waals surface area (Å²) in [6, 6.07) is 7.46. The van der Waals surface area contributed by atoms with E-state index in [2.05, 4.69) is 4.90 Å². The molecular formula is C15H19NO3. The van der Waals surface area contributed by atoms with Crippen LogP contribution in [0.4, 0.5) is 5.69 Å². The number of anilines is 1. The first-order chi connectivity index (χ1) is 9.24. The zero-order chi connectivity index (χ0) is 13.7. The summed E-state index contributed by atoms with van der Waals surface area (Å²) in [4.78, 5) is 24.6. The van der Waals surface area contributed by atoms with Crippen molar-refractivity contribution in [1.82, 2.24) is 0 Å². The molecule has 0 bridgehead atoms. The van der Waals surface area contributed by atoms with Crippen LogP contribution in [0.5, 0.6) is 0 Å². The molecule has 1 atom stereocenters. The minimum atomic E-state index is -0.100. The molecule has 0 radical (unpaired) electrons. The van der Waals surface area contributed by atoms with Gasteiger partial charge in [0, 0.05) is 24.3 Å². The second kappa shape index (κ2) is 6.36. The molecule has 1 aromatic carbocycles. The molecule has 1 aromatic rings. The largest absolute Gasteiger partial charge is 0.466 e. The van der Waals surface area contributed by atoms with E-state index in [1.54, 1.807) is 12.1 Å². The number of hydrogen-bond acceptors (Lipinski definition) is 4. The van der Waals surface area contributed by atoms with E-state index in [4.69, 9.17) is 4.74 Å². The smallest absolute Gasteiger partial charge is 0.310 e. The normalized spacial score (nSPS) is 19.0. The summed E-state index contributed by atoms with van der Waals surface area (Å²) < 4.78 is 5.09. The molecule has 0 aromatic heterocycles. The van der Waals surface area contributed by atoms with Gasteiger partial charge in [-0.1, -0.05) is 0 Å². The second-order valence-electron chi connectivity index (χ2n) is 4.75. The molecule has 1 saturated heterocycles. The van der Waals surface area contributed by atoms with Crippen LogP contribution in [0.1, 0.15) is 30.1 Å². The van der Waals surface area contributed by atoms with Crippen molar-refractivity contribution in [3.8, 4) is 0 Å². The molecule has 0 aliphatic carbocycles. The highest BCUT2D eigenvalue weighted by molar-refractivity contribution is 5.76. The number of carbonyl (C=O) groups is 2. The number of esters is 1. The molecule has 4 heteroatoms. The van der Waals surface area contributed by atoms with Gasteiger partial charge in [0.2, 0.25) is 0 Å². The molecule has 1 aliphatic rings. The van der Waals surface area contributed by atoms with Crippen molar-refractivity contribution in [2.45, 2.75) is 19.8 Å². The van der Waals surface area contributed by atoms with Crippen LogP contribution in [0.15, 0.2) is 24.3 Å². The number of carbonyl (C=O) groups excluding carboxylic acids is 2. The highest BCUT2D eigenvalue weighted by atomic mass is 16.5.